The number of pyridine rings is 1. The van der Waals surface area contributed by atoms with Crippen molar-refractivity contribution in [3.8, 4) is 0 Å². The lowest BCUT2D eigenvalue weighted by Crippen LogP contribution is -2.45. The van der Waals surface area contributed by atoms with Crippen LogP contribution in [0.15, 0.2) is 35.1 Å². The molecule has 0 saturated carbocycles. The van der Waals surface area contributed by atoms with Crippen molar-refractivity contribution in [1.82, 2.24) is 10.3 Å². The maximum absolute atomic E-state index is 12.1. The number of morpholine rings is 1. The van der Waals surface area contributed by atoms with Gasteiger partial charge in [0.1, 0.15) is 11.6 Å². The van der Waals surface area contributed by atoms with Crippen LogP contribution in [0.1, 0.15) is 35.5 Å². The van der Waals surface area contributed by atoms with E-state index in [0.717, 1.165) is 24.5 Å². The lowest BCUT2D eigenvalue weighted by molar-refractivity contribution is -0.00546. The molecule has 6 heteroatoms. The third-order valence-electron chi connectivity index (χ3n) is 4.11. The minimum atomic E-state index is -0.138. The van der Waals surface area contributed by atoms with Crippen LogP contribution in [0.4, 0.5) is 5.82 Å². The Balaban J connectivity index is 1.58. The Kier molecular flexibility index (Phi) is 4.85. The van der Waals surface area contributed by atoms with Gasteiger partial charge in [-0.2, -0.15) is 0 Å². The molecule has 1 amide bonds. The minimum absolute atomic E-state index is 0.138. The largest absolute Gasteiger partial charge is 0.469 e. The Morgan fingerprint density at radius 1 is 1.29 bits per heavy atom. The molecule has 0 bridgehead atoms. The third kappa shape index (κ3) is 3.76. The highest BCUT2D eigenvalue weighted by Gasteiger charge is 2.23. The van der Waals surface area contributed by atoms with E-state index < -0.39 is 0 Å². The predicted molar refractivity (Wildman–Crippen MR) is 91.1 cm³/mol. The molecule has 2 aromatic rings. The average molecular weight is 329 g/mol. The predicted octanol–water partition coefficient (Wildman–Crippen LogP) is 2.53. The highest BCUT2D eigenvalue weighted by Crippen LogP contribution is 2.18. The molecule has 2 aromatic heterocycles. The fourth-order valence-electron chi connectivity index (χ4n) is 2.97. The molecule has 3 rings (SSSR count). The van der Waals surface area contributed by atoms with Crippen molar-refractivity contribution in [1.29, 1.82) is 0 Å². The van der Waals surface area contributed by atoms with Gasteiger partial charge in [0.25, 0.3) is 5.91 Å². The van der Waals surface area contributed by atoms with Crippen LogP contribution in [0.5, 0.6) is 0 Å². The zero-order valence-corrected chi connectivity index (χ0v) is 14.3. The zero-order chi connectivity index (χ0) is 17.1. The number of amides is 1. The number of nitrogens with one attached hydrogen (secondary N) is 1. The lowest BCUT2D eigenvalue weighted by atomic mass is 10.2. The summed E-state index contributed by atoms with van der Waals surface area (Å²) in [6.45, 7) is 8.04. The van der Waals surface area contributed by atoms with E-state index in [1.807, 2.05) is 18.3 Å². The van der Waals surface area contributed by atoms with Crippen molar-refractivity contribution >= 4 is 11.7 Å². The molecule has 1 aliphatic rings. The summed E-state index contributed by atoms with van der Waals surface area (Å²) in [4.78, 5) is 18.8. The smallest absolute Gasteiger partial charge is 0.255 e. The molecule has 1 fully saturated rings. The molecule has 1 saturated heterocycles. The number of aryl methyl sites for hydroxylation is 1. The van der Waals surface area contributed by atoms with Gasteiger partial charge in [-0.3, -0.25) is 4.79 Å². The van der Waals surface area contributed by atoms with E-state index >= 15 is 0 Å². The van der Waals surface area contributed by atoms with Gasteiger partial charge in [-0.1, -0.05) is 6.07 Å². The van der Waals surface area contributed by atoms with Crippen LogP contribution in [0.2, 0.25) is 0 Å². The number of anilines is 1. The standard InChI is InChI=1S/C18H23N3O3/c1-12-10-21(11-13(2)24-12)17-5-4-15(8-19-17)9-20-18(22)16-6-7-23-14(16)3/h4-8,12-13H,9-11H2,1-3H3,(H,20,22)/t12-,13-/m1/s1. The minimum Gasteiger partial charge on any atom is -0.469 e. The fraction of sp³-hybridized carbons (Fsp3) is 0.444. The number of carbonyl (C=O) groups excluding carboxylic acids is 1. The van der Waals surface area contributed by atoms with Gasteiger partial charge in [0.05, 0.1) is 24.0 Å². The Bertz CT molecular complexity index is 686. The van der Waals surface area contributed by atoms with E-state index in [4.69, 9.17) is 9.15 Å². The maximum atomic E-state index is 12.1. The van der Waals surface area contributed by atoms with Crippen molar-refractivity contribution < 1.29 is 13.9 Å². The van der Waals surface area contributed by atoms with Crippen LogP contribution in [-0.2, 0) is 11.3 Å². The molecule has 0 spiro atoms. The molecule has 2 atom stereocenters. The molecule has 24 heavy (non-hydrogen) atoms. The Hall–Kier alpha value is -2.34. The zero-order valence-electron chi connectivity index (χ0n) is 14.3. The molecule has 0 aliphatic carbocycles. The Labute approximate surface area is 141 Å². The van der Waals surface area contributed by atoms with E-state index in [9.17, 15) is 4.79 Å². The molecule has 1 N–H and O–H groups in total. The SMILES string of the molecule is Cc1occc1C(=O)NCc1ccc(N2C[C@@H](C)O[C@H](C)C2)nc1. The number of nitrogens with zero attached hydrogens (tertiary/aromatic N) is 2. The highest BCUT2D eigenvalue weighted by atomic mass is 16.5. The second kappa shape index (κ2) is 7.05. The van der Waals surface area contributed by atoms with Gasteiger partial charge in [0.15, 0.2) is 0 Å². The molecule has 3 heterocycles. The number of rotatable bonds is 4. The molecular formula is C18H23N3O3. The van der Waals surface area contributed by atoms with Gasteiger partial charge in [-0.15, -0.1) is 0 Å². The number of aromatic nitrogens is 1. The van der Waals surface area contributed by atoms with Gasteiger partial charge in [-0.05, 0) is 38.5 Å². The van der Waals surface area contributed by atoms with Crippen LogP contribution < -0.4 is 10.2 Å². The number of ether oxygens (including phenoxy) is 1. The molecule has 0 radical (unpaired) electrons. The summed E-state index contributed by atoms with van der Waals surface area (Å²) in [5.41, 5.74) is 1.53. The summed E-state index contributed by atoms with van der Waals surface area (Å²) in [6, 6.07) is 5.66. The summed E-state index contributed by atoms with van der Waals surface area (Å²) in [5, 5.41) is 2.88. The van der Waals surface area contributed by atoms with Gasteiger partial charge in [0, 0.05) is 25.8 Å². The molecule has 0 unspecified atom stereocenters. The molecule has 128 valence electrons. The molecule has 0 aromatic carbocycles. The second-order valence-corrected chi connectivity index (χ2v) is 6.26. The maximum Gasteiger partial charge on any atom is 0.255 e. The lowest BCUT2D eigenvalue weighted by Gasteiger charge is -2.36. The molecule has 1 aliphatic heterocycles. The van der Waals surface area contributed by atoms with Gasteiger partial charge < -0.3 is 19.4 Å². The summed E-state index contributed by atoms with van der Waals surface area (Å²) in [6.07, 6.45) is 3.73. The topological polar surface area (TPSA) is 67.6 Å². The number of hydrogen-bond acceptors (Lipinski definition) is 5. The second-order valence-electron chi connectivity index (χ2n) is 6.26. The van der Waals surface area contributed by atoms with Crippen LogP contribution in [0, 0.1) is 6.92 Å². The average Bonchev–Trinajstić information content (AvgIpc) is 2.98. The fourth-order valence-corrected chi connectivity index (χ4v) is 2.97. The van der Waals surface area contributed by atoms with Gasteiger partial charge in [-0.25, -0.2) is 4.98 Å². The molecule has 6 nitrogen and oxygen atoms in total. The first-order chi connectivity index (χ1) is 11.5. The van der Waals surface area contributed by atoms with Crippen LogP contribution in [0.25, 0.3) is 0 Å². The van der Waals surface area contributed by atoms with E-state index in [-0.39, 0.29) is 18.1 Å². The van der Waals surface area contributed by atoms with E-state index in [1.54, 1.807) is 13.0 Å². The molecular weight excluding hydrogens is 306 g/mol. The summed E-state index contributed by atoms with van der Waals surface area (Å²) < 4.78 is 10.9. The number of furan rings is 1. The van der Waals surface area contributed by atoms with E-state index in [0.29, 0.717) is 17.9 Å². The van der Waals surface area contributed by atoms with Crippen molar-refractivity contribution in [2.24, 2.45) is 0 Å². The van der Waals surface area contributed by atoms with Crippen LogP contribution in [0.3, 0.4) is 0 Å². The third-order valence-corrected chi connectivity index (χ3v) is 4.11. The summed E-state index contributed by atoms with van der Waals surface area (Å²) >= 11 is 0. The van der Waals surface area contributed by atoms with Crippen molar-refractivity contribution in [2.45, 2.75) is 39.5 Å². The van der Waals surface area contributed by atoms with Gasteiger partial charge >= 0.3 is 0 Å². The highest BCUT2D eigenvalue weighted by molar-refractivity contribution is 5.94. The monoisotopic (exact) mass is 329 g/mol. The van der Waals surface area contributed by atoms with Crippen LogP contribution >= 0.6 is 0 Å². The quantitative estimate of drug-likeness (QED) is 0.933. The first-order valence-electron chi connectivity index (χ1n) is 8.20. The van der Waals surface area contributed by atoms with Crippen LogP contribution in [-0.4, -0.2) is 36.2 Å². The normalized spacial score (nSPS) is 20.9. The Morgan fingerprint density at radius 3 is 2.62 bits per heavy atom. The Morgan fingerprint density at radius 2 is 2.04 bits per heavy atom. The van der Waals surface area contributed by atoms with Crippen molar-refractivity contribution in [3.63, 3.8) is 0 Å². The first-order valence-corrected chi connectivity index (χ1v) is 8.20. The number of carbonyl (C=O) groups is 1. The van der Waals surface area contributed by atoms with E-state index in [1.165, 1.54) is 6.26 Å². The number of hydrogen-bond donors (Lipinski definition) is 1. The van der Waals surface area contributed by atoms with Crippen molar-refractivity contribution in [3.05, 3.63) is 47.5 Å². The summed E-state index contributed by atoms with van der Waals surface area (Å²) in [5.74, 6) is 1.43. The van der Waals surface area contributed by atoms with Gasteiger partial charge in [0.2, 0.25) is 0 Å². The first kappa shape index (κ1) is 16.5. The summed E-state index contributed by atoms with van der Waals surface area (Å²) in [7, 11) is 0. The van der Waals surface area contributed by atoms with E-state index in [2.05, 4.69) is 29.0 Å². The van der Waals surface area contributed by atoms with Crippen molar-refractivity contribution in [2.75, 3.05) is 18.0 Å².